The van der Waals surface area contributed by atoms with Crippen molar-refractivity contribution in [2.45, 2.75) is 136 Å². The molecule has 0 saturated heterocycles. The number of aryl methyl sites for hydroxylation is 2. The van der Waals surface area contributed by atoms with Crippen molar-refractivity contribution in [3.63, 3.8) is 0 Å². The molecule has 32 heavy (non-hydrogen) atoms. The summed E-state index contributed by atoms with van der Waals surface area (Å²) in [5.41, 5.74) is 1.35. The molecule has 0 fully saturated rings. The van der Waals surface area contributed by atoms with Crippen molar-refractivity contribution in [3.8, 4) is 11.4 Å². The second kappa shape index (κ2) is 17.9. The molecule has 1 aromatic heterocycles. The fourth-order valence-corrected chi connectivity index (χ4v) is 4.76. The highest BCUT2D eigenvalue weighted by Gasteiger charge is 2.18. The van der Waals surface area contributed by atoms with Gasteiger partial charge in [-0.1, -0.05) is 116 Å². The minimum Gasteiger partial charge on any atom is -0.230 e. The second-order valence-corrected chi connectivity index (χ2v) is 9.68. The molecule has 2 heteroatoms. The van der Waals surface area contributed by atoms with E-state index >= 15 is 0 Å². The van der Waals surface area contributed by atoms with E-state index in [0.717, 1.165) is 13.1 Å². The summed E-state index contributed by atoms with van der Waals surface area (Å²) in [6.45, 7) is 6.87. The molecular formula is C30H51N2+. The van der Waals surface area contributed by atoms with Gasteiger partial charge in [0, 0.05) is 0 Å². The van der Waals surface area contributed by atoms with E-state index in [-0.39, 0.29) is 0 Å². The molecule has 0 aliphatic heterocycles. The third-order valence-electron chi connectivity index (χ3n) is 6.76. The van der Waals surface area contributed by atoms with Crippen molar-refractivity contribution in [1.29, 1.82) is 0 Å². The van der Waals surface area contributed by atoms with Gasteiger partial charge in [0.2, 0.25) is 0 Å². The summed E-state index contributed by atoms with van der Waals surface area (Å²) >= 11 is 0. The second-order valence-electron chi connectivity index (χ2n) is 9.68. The van der Waals surface area contributed by atoms with Crippen molar-refractivity contribution in [3.05, 3.63) is 42.7 Å². The van der Waals surface area contributed by atoms with Gasteiger partial charge in [-0.15, -0.1) is 0 Å². The van der Waals surface area contributed by atoms with Crippen LogP contribution in [0.3, 0.4) is 0 Å². The van der Waals surface area contributed by atoms with Gasteiger partial charge in [0.15, 0.2) is 0 Å². The fourth-order valence-electron chi connectivity index (χ4n) is 4.76. The Kier molecular flexibility index (Phi) is 14.9. The Morgan fingerprint density at radius 3 is 1.66 bits per heavy atom. The predicted molar refractivity (Wildman–Crippen MR) is 140 cm³/mol. The number of imidazole rings is 1. The third kappa shape index (κ3) is 10.8. The molecule has 180 valence electrons. The van der Waals surface area contributed by atoms with Crippen molar-refractivity contribution in [1.82, 2.24) is 4.57 Å². The number of nitrogens with zero attached hydrogens (tertiary/aromatic N) is 2. The maximum atomic E-state index is 2.50. The van der Waals surface area contributed by atoms with Crippen LogP contribution >= 0.6 is 0 Å². The van der Waals surface area contributed by atoms with Crippen molar-refractivity contribution < 1.29 is 4.57 Å². The van der Waals surface area contributed by atoms with Gasteiger partial charge in [-0.2, -0.15) is 0 Å². The van der Waals surface area contributed by atoms with Crippen LogP contribution in [-0.2, 0) is 13.1 Å². The molecule has 2 nitrogen and oxygen atoms in total. The molecule has 2 rings (SSSR count). The van der Waals surface area contributed by atoms with E-state index < -0.39 is 0 Å². The van der Waals surface area contributed by atoms with Gasteiger partial charge in [0.25, 0.3) is 5.82 Å². The lowest BCUT2D eigenvalue weighted by Crippen LogP contribution is -2.34. The average molecular weight is 440 g/mol. The summed E-state index contributed by atoms with van der Waals surface area (Å²) in [6.07, 6.45) is 28.2. The summed E-state index contributed by atoms with van der Waals surface area (Å²) < 4.78 is 4.99. The number of hydrogen-bond donors (Lipinski definition) is 0. The van der Waals surface area contributed by atoms with Gasteiger partial charge in [-0.05, 0) is 37.8 Å². The Morgan fingerprint density at radius 2 is 1.09 bits per heavy atom. The average Bonchev–Trinajstić information content (AvgIpc) is 3.23. The first-order chi connectivity index (χ1) is 15.9. The van der Waals surface area contributed by atoms with Crippen LogP contribution < -0.4 is 4.57 Å². The Bertz CT molecular complexity index is 673. The molecule has 0 amide bonds. The summed E-state index contributed by atoms with van der Waals surface area (Å²) in [7, 11) is 0. The molecule has 0 bridgehead atoms. The first kappa shape index (κ1) is 26.7. The van der Waals surface area contributed by atoms with Crippen molar-refractivity contribution >= 4 is 0 Å². The Hall–Kier alpha value is -1.57. The molecule has 0 aliphatic carbocycles. The predicted octanol–water partition coefficient (Wildman–Crippen LogP) is 9.11. The highest BCUT2D eigenvalue weighted by Crippen LogP contribution is 2.18. The molecule has 0 spiro atoms. The first-order valence-corrected chi connectivity index (χ1v) is 14.0. The Balaban J connectivity index is 1.73. The topological polar surface area (TPSA) is 8.81 Å². The minimum absolute atomic E-state index is 1.14. The SMILES string of the molecule is CCCCCCCCCCCCCn1cc[n+](CCCCCCCC)c1-c1ccccc1. The van der Waals surface area contributed by atoms with Gasteiger partial charge in [0.05, 0.1) is 18.7 Å². The van der Waals surface area contributed by atoms with Gasteiger partial charge >= 0.3 is 0 Å². The molecule has 0 saturated carbocycles. The number of rotatable bonds is 20. The molecule has 0 N–H and O–H groups in total. The normalized spacial score (nSPS) is 11.3. The lowest BCUT2D eigenvalue weighted by atomic mass is 10.1. The Morgan fingerprint density at radius 1 is 0.594 bits per heavy atom. The van der Waals surface area contributed by atoms with E-state index in [1.165, 1.54) is 121 Å². The van der Waals surface area contributed by atoms with E-state index in [1.54, 1.807) is 0 Å². The smallest absolute Gasteiger partial charge is 0.230 e. The summed E-state index contributed by atoms with van der Waals surface area (Å²) in [6, 6.07) is 11.0. The van der Waals surface area contributed by atoms with Crippen LogP contribution in [0.25, 0.3) is 11.4 Å². The minimum atomic E-state index is 1.14. The van der Waals surface area contributed by atoms with Gasteiger partial charge in [0.1, 0.15) is 12.4 Å². The molecule has 0 aliphatic rings. The van der Waals surface area contributed by atoms with Crippen LogP contribution in [0, 0.1) is 0 Å². The molecule has 0 atom stereocenters. The van der Waals surface area contributed by atoms with Crippen molar-refractivity contribution in [2.24, 2.45) is 0 Å². The number of unbranched alkanes of at least 4 members (excludes halogenated alkanes) is 15. The standard InChI is InChI=1S/C30H51N2/c1-3-5-7-9-11-12-13-14-15-17-22-26-32-28-27-31(25-21-16-10-8-6-4-2)30(32)29-23-19-18-20-24-29/h18-20,23-24,27-28H,3-17,21-22,25-26H2,1-2H3/q+1. The summed E-state index contributed by atoms with van der Waals surface area (Å²) in [5.74, 6) is 1.39. The third-order valence-corrected chi connectivity index (χ3v) is 6.76. The van der Waals surface area contributed by atoms with Crippen LogP contribution in [0.15, 0.2) is 42.7 Å². The maximum absolute atomic E-state index is 2.50. The molecule has 0 unspecified atom stereocenters. The van der Waals surface area contributed by atoms with Gasteiger partial charge < -0.3 is 0 Å². The van der Waals surface area contributed by atoms with E-state index in [1.807, 2.05) is 0 Å². The van der Waals surface area contributed by atoms with E-state index in [4.69, 9.17) is 0 Å². The van der Waals surface area contributed by atoms with Crippen LogP contribution in [0.4, 0.5) is 0 Å². The van der Waals surface area contributed by atoms with Crippen LogP contribution in [0.2, 0.25) is 0 Å². The Labute approximate surface area is 199 Å². The number of benzene rings is 1. The van der Waals surface area contributed by atoms with Gasteiger partial charge in [-0.25, -0.2) is 9.13 Å². The lowest BCUT2D eigenvalue weighted by molar-refractivity contribution is -0.686. The summed E-state index contributed by atoms with van der Waals surface area (Å²) in [5, 5.41) is 0. The van der Waals surface area contributed by atoms with Gasteiger partial charge in [-0.3, -0.25) is 0 Å². The molecule has 1 heterocycles. The van der Waals surface area contributed by atoms with E-state index in [2.05, 4.69) is 65.7 Å². The zero-order chi connectivity index (χ0) is 22.7. The zero-order valence-corrected chi connectivity index (χ0v) is 21.4. The maximum Gasteiger partial charge on any atom is 0.288 e. The molecule has 2 aromatic rings. The van der Waals surface area contributed by atoms with Crippen LogP contribution in [0.1, 0.15) is 123 Å². The molecular weight excluding hydrogens is 388 g/mol. The monoisotopic (exact) mass is 439 g/mol. The van der Waals surface area contributed by atoms with Crippen LogP contribution in [-0.4, -0.2) is 4.57 Å². The highest BCUT2D eigenvalue weighted by molar-refractivity contribution is 5.52. The van der Waals surface area contributed by atoms with E-state index in [0.29, 0.717) is 0 Å². The number of hydrogen-bond acceptors (Lipinski definition) is 0. The molecule has 0 radical (unpaired) electrons. The van der Waals surface area contributed by atoms with E-state index in [9.17, 15) is 0 Å². The zero-order valence-electron chi connectivity index (χ0n) is 21.4. The highest BCUT2D eigenvalue weighted by atomic mass is 15.1. The number of aromatic nitrogens is 2. The first-order valence-electron chi connectivity index (χ1n) is 14.0. The van der Waals surface area contributed by atoms with Crippen LogP contribution in [0.5, 0.6) is 0 Å². The quantitative estimate of drug-likeness (QED) is 0.144. The molecule has 1 aromatic carbocycles. The lowest BCUT2D eigenvalue weighted by Gasteiger charge is -2.06. The fraction of sp³-hybridized carbons (Fsp3) is 0.700. The largest absolute Gasteiger partial charge is 0.288 e. The van der Waals surface area contributed by atoms with Crippen molar-refractivity contribution in [2.75, 3.05) is 0 Å². The summed E-state index contributed by atoms with van der Waals surface area (Å²) in [4.78, 5) is 0.